The zero-order chi connectivity index (χ0) is 10.2. The van der Waals surface area contributed by atoms with E-state index in [1.807, 2.05) is 6.07 Å². The molecule has 0 radical (unpaired) electrons. The van der Waals surface area contributed by atoms with Gasteiger partial charge in [-0.05, 0) is 19.4 Å². The van der Waals surface area contributed by atoms with Crippen LogP contribution in [0.2, 0.25) is 0 Å². The van der Waals surface area contributed by atoms with Gasteiger partial charge >= 0.3 is 0 Å². The van der Waals surface area contributed by atoms with E-state index in [1.165, 1.54) is 25.7 Å². The molecule has 0 aromatic carbocycles. The maximum Gasteiger partial charge on any atom is 0.222 e. The Hall–Kier alpha value is -1.12. The van der Waals surface area contributed by atoms with E-state index in [4.69, 9.17) is 0 Å². The van der Waals surface area contributed by atoms with Gasteiger partial charge in [0.25, 0.3) is 0 Å². The van der Waals surface area contributed by atoms with E-state index in [0.29, 0.717) is 6.04 Å². The lowest BCUT2D eigenvalue weighted by molar-refractivity contribution is 0.612. The van der Waals surface area contributed by atoms with Crippen molar-refractivity contribution in [2.45, 2.75) is 45.6 Å². The van der Waals surface area contributed by atoms with Crippen molar-refractivity contribution >= 4 is 5.95 Å². The summed E-state index contributed by atoms with van der Waals surface area (Å²) in [6.07, 6.45) is 8.56. The first-order chi connectivity index (χ1) is 6.83. The Morgan fingerprint density at radius 1 is 1.29 bits per heavy atom. The third kappa shape index (κ3) is 4.21. The normalized spacial score (nSPS) is 12.4. The lowest BCUT2D eigenvalue weighted by Gasteiger charge is -2.12. The molecule has 78 valence electrons. The number of nitrogens with zero attached hydrogens (tertiary/aromatic N) is 2. The molecular weight excluding hydrogens is 174 g/mol. The fourth-order valence-electron chi connectivity index (χ4n) is 1.37. The van der Waals surface area contributed by atoms with Gasteiger partial charge in [0, 0.05) is 18.4 Å². The highest BCUT2D eigenvalue weighted by atomic mass is 15.1. The van der Waals surface area contributed by atoms with Crippen molar-refractivity contribution < 1.29 is 0 Å². The molecule has 3 heteroatoms. The number of hydrogen-bond acceptors (Lipinski definition) is 3. The molecule has 3 nitrogen and oxygen atoms in total. The highest BCUT2D eigenvalue weighted by molar-refractivity contribution is 5.23. The molecule has 1 rings (SSSR count). The average Bonchev–Trinajstić information content (AvgIpc) is 2.20. The van der Waals surface area contributed by atoms with Crippen LogP contribution in [0.1, 0.15) is 39.5 Å². The first kappa shape index (κ1) is 11.0. The lowest BCUT2D eigenvalue weighted by atomic mass is 10.1. The second-order valence-corrected chi connectivity index (χ2v) is 3.61. The van der Waals surface area contributed by atoms with Crippen LogP contribution in [-0.4, -0.2) is 16.0 Å². The predicted octanol–water partition coefficient (Wildman–Crippen LogP) is 2.86. The second kappa shape index (κ2) is 6.35. The van der Waals surface area contributed by atoms with Crippen LogP contribution in [0.15, 0.2) is 18.5 Å². The van der Waals surface area contributed by atoms with E-state index in [-0.39, 0.29) is 0 Å². The SMILES string of the molecule is CCCCCC(C)Nc1ncccn1. The van der Waals surface area contributed by atoms with Crippen molar-refractivity contribution in [2.24, 2.45) is 0 Å². The number of rotatable bonds is 6. The van der Waals surface area contributed by atoms with Crippen LogP contribution >= 0.6 is 0 Å². The summed E-state index contributed by atoms with van der Waals surface area (Å²) in [6.45, 7) is 4.39. The fraction of sp³-hybridized carbons (Fsp3) is 0.636. The maximum atomic E-state index is 4.12. The standard InChI is InChI=1S/C11H19N3/c1-3-4-5-7-10(2)14-11-12-8-6-9-13-11/h6,8-10H,3-5,7H2,1-2H3,(H,12,13,14). The van der Waals surface area contributed by atoms with Crippen LogP contribution in [0, 0.1) is 0 Å². The van der Waals surface area contributed by atoms with Crippen molar-refractivity contribution in [1.82, 2.24) is 9.97 Å². The molecule has 0 spiro atoms. The molecule has 0 aliphatic carbocycles. The summed E-state index contributed by atoms with van der Waals surface area (Å²) in [5.74, 6) is 0.733. The second-order valence-electron chi connectivity index (χ2n) is 3.61. The zero-order valence-electron chi connectivity index (χ0n) is 9.03. The average molecular weight is 193 g/mol. The van der Waals surface area contributed by atoms with Gasteiger partial charge in [0.1, 0.15) is 0 Å². The summed E-state index contributed by atoms with van der Waals surface area (Å²) in [4.78, 5) is 8.25. The molecule has 0 amide bonds. The maximum absolute atomic E-state index is 4.12. The largest absolute Gasteiger partial charge is 0.352 e. The number of aromatic nitrogens is 2. The summed E-state index contributed by atoms with van der Waals surface area (Å²) in [6, 6.07) is 2.29. The van der Waals surface area contributed by atoms with E-state index >= 15 is 0 Å². The number of hydrogen-bond donors (Lipinski definition) is 1. The Labute approximate surface area is 86.0 Å². The van der Waals surface area contributed by atoms with Crippen molar-refractivity contribution in [3.05, 3.63) is 18.5 Å². The zero-order valence-corrected chi connectivity index (χ0v) is 9.03. The van der Waals surface area contributed by atoms with Crippen LogP contribution in [0.5, 0.6) is 0 Å². The summed E-state index contributed by atoms with van der Waals surface area (Å²) < 4.78 is 0. The molecular formula is C11H19N3. The summed E-state index contributed by atoms with van der Waals surface area (Å²) in [5.41, 5.74) is 0. The van der Waals surface area contributed by atoms with E-state index in [1.54, 1.807) is 12.4 Å². The van der Waals surface area contributed by atoms with Crippen molar-refractivity contribution in [1.29, 1.82) is 0 Å². The monoisotopic (exact) mass is 193 g/mol. The molecule has 0 aliphatic heterocycles. The molecule has 1 N–H and O–H groups in total. The van der Waals surface area contributed by atoms with Crippen LogP contribution in [0.3, 0.4) is 0 Å². The van der Waals surface area contributed by atoms with Gasteiger partial charge in [0.05, 0.1) is 0 Å². The number of unbranched alkanes of at least 4 members (excludes halogenated alkanes) is 2. The van der Waals surface area contributed by atoms with Gasteiger partial charge in [-0.1, -0.05) is 26.2 Å². The number of anilines is 1. The molecule has 1 heterocycles. The van der Waals surface area contributed by atoms with Crippen LogP contribution in [0.25, 0.3) is 0 Å². The minimum absolute atomic E-state index is 0.462. The number of nitrogens with one attached hydrogen (secondary N) is 1. The first-order valence-electron chi connectivity index (χ1n) is 5.36. The van der Waals surface area contributed by atoms with Gasteiger partial charge < -0.3 is 5.32 Å². The van der Waals surface area contributed by atoms with Crippen LogP contribution in [-0.2, 0) is 0 Å². The van der Waals surface area contributed by atoms with Gasteiger partial charge in [0.2, 0.25) is 5.95 Å². The van der Waals surface area contributed by atoms with E-state index in [9.17, 15) is 0 Å². The fourth-order valence-corrected chi connectivity index (χ4v) is 1.37. The topological polar surface area (TPSA) is 37.8 Å². The third-order valence-electron chi connectivity index (χ3n) is 2.18. The predicted molar refractivity (Wildman–Crippen MR) is 59.3 cm³/mol. The minimum Gasteiger partial charge on any atom is -0.352 e. The van der Waals surface area contributed by atoms with Crippen LogP contribution < -0.4 is 5.32 Å². The van der Waals surface area contributed by atoms with Gasteiger partial charge in [-0.3, -0.25) is 0 Å². The van der Waals surface area contributed by atoms with E-state index in [0.717, 1.165) is 5.95 Å². The highest BCUT2D eigenvalue weighted by Crippen LogP contribution is 2.06. The van der Waals surface area contributed by atoms with Crippen LogP contribution in [0.4, 0.5) is 5.95 Å². The molecule has 1 aromatic heterocycles. The van der Waals surface area contributed by atoms with Gasteiger partial charge in [0.15, 0.2) is 0 Å². The Kier molecular flexibility index (Phi) is 4.97. The lowest BCUT2D eigenvalue weighted by Crippen LogP contribution is -2.16. The molecule has 0 aliphatic rings. The van der Waals surface area contributed by atoms with Crippen molar-refractivity contribution in [3.8, 4) is 0 Å². The Balaban J connectivity index is 2.23. The molecule has 0 saturated heterocycles. The van der Waals surface area contributed by atoms with Gasteiger partial charge in [-0.2, -0.15) is 0 Å². The molecule has 0 fully saturated rings. The summed E-state index contributed by atoms with van der Waals surface area (Å²) in [7, 11) is 0. The summed E-state index contributed by atoms with van der Waals surface area (Å²) >= 11 is 0. The molecule has 1 atom stereocenters. The molecule has 14 heavy (non-hydrogen) atoms. The van der Waals surface area contributed by atoms with Crippen molar-refractivity contribution in [2.75, 3.05) is 5.32 Å². The molecule has 0 saturated carbocycles. The summed E-state index contributed by atoms with van der Waals surface area (Å²) in [5, 5.41) is 3.28. The first-order valence-corrected chi connectivity index (χ1v) is 5.36. The van der Waals surface area contributed by atoms with Gasteiger partial charge in [-0.15, -0.1) is 0 Å². The molecule has 1 aromatic rings. The Bertz CT molecular complexity index is 236. The quantitative estimate of drug-likeness (QED) is 0.706. The van der Waals surface area contributed by atoms with E-state index < -0.39 is 0 Å². The van der Waals surface area contributed by atoms with Crippen molar-refractivity contribution in [3.63, 3.8) is 0 Å². The Morgan fingerprint density at radius 2 is 2.00 bits per heavy atom. The highest BCUT2D eigenvalue weighted by Gasteiger charge is 2.02. The Morgan fingerprint density at radius 3 is 2.64 bits per heavy atom. The van der Waals surface area contributed by atoms with Gasteiger partial charge in [-0.25, -0.2) is 9.97 Å². The minimum atomic E-state index is 0.462. The smallest absolute Gasteiger partial charge is 0.222 e. The molecule has 0 bridgehead atoms. The van der Waals surface area contributed by atoms with E-state index in [2.05, 4.69) is 29.1 Å². The molecule has 1 unspecified atom stereocenters. The third-order valence-corrected chi connectivity index (χ3v) is 2.18.